The lowest BCUT2D eigenvalue weighted by molar-refractivity contribution is -0.0913. The Morgan fingerprint density at radius 3 is 2.83 bits per heavy atom. The number of rotatable bonds is 3. The smallest absolute Gasteiger partial charge is 0.218 e. The first-order chi connectivity index (χ1) is 5.65. The van der Waals surface area contributed by atoms with Crippen molar-refractivity contribution in [2.75, 3.05) is 13.7 Å². The topological polar surface area (TPSA) is 51.0 Å². The molecule has 0 amide bonds. The first-order valence-corrected chi connectivity index (χ1v) is 4.22. The monoisotopic (exact) mass is 213 g/mol. The van der Waals surface area contributed by atoms with Crippen LogP contribution in [0.3, 0.4) is 0 Å². The fourth-order valence-electron chi connectivity index (χ4n) is 0.831. The number of alkyl halides is 2. The second-order valence-electron chi connectivity index (χ2n) is 2.27. The first kappa shape index (κ1) is 10.1. The van der Waals surface area contributed by atoms with Gasteiger partial charge in [-0.05, 0) is 0 Å². The zero-order valence-electron chi connectivity index (χ0n) is 6.41. The normalized spacial score (nSPS) is 25.4. The van der Waals surface area contributed by atoms with Gasteiger partial charge in [0, 0.05) is 7.11 Å². The molecule has 0 fully saturated rings. The molecule has 0 aromatic rings. The maximum Gasteiger partial charge on any atom is 0.218 e. The highest BCUT2D eigenvalue weighted by atomic mass is 35.5. The Morgan fingerprint density at radius 2 is 2.42 bits per heavy atom. The molecule has 70 valence electrons. The molecule has 4 nitrogen and oxygen atoms in total. The number of aliphatic hydroxyl groups is 1. The fourth-order valence-corrected chi connectivity index (χ4v) is 1.07. The molecule has 0 spiro atoms. The van der Waals surface area contributed by atoms with E-state index >= 15 is 0 Å². The minimum absolute atomic E-state index is 0.236. The van der Waals surface area contributed by atoms with Gasteiger partial charge in [0.25, 0.3) is 0 Å². The molecule has 1 rings (SSSR count). The van der Waals surface area contributed by atoms with Crippen LogP contribution in [0.2, 0.25) is 0 Å². The summed E-state index contributed by atoms with van der Waals surface area (Å²) in [5.41, 5.74) is 0. The van der Waals surface area contributed by atoms with Crippen molar-refractivity contribution in [3.05, 3.63) is 0 Å². The van der Waals surface area contributed by atoms with Crippen LogP contribution in [0.5, 0.6) is 0 Å². The summed E-state index contributed by atoms with van der Waals surface area (Å²) in [7, 11) is 1.39. The minimum Gasteiger partial charge on any atom is -0.477 e. The van der Waals surface area contributed by atoms with E-state index in [0.717, 1.165) is 0 Å². The third-order valence-corrected chi connectivity index (χ3v) is 1.83. The number of methoxy groups -OCH3 is 1. The SMILES string of the molecule is COC(O)C1COC(C(Cl)Cl)=N1. The molecule has 2 atom stereocenters. The van der Waals surface area contributed by atoms with E-state index in [-0.39, 0.29) is 12.5 Å². The Morgan fingerprint density at radius 1 is 1.75 bits per heavy atom. The van der Waals surface area contributed by atoms with Gasteiger partial charge >= 0.3 is 0 Å². The molecule has 0 aromatic heterocycles. The maximum absolute atomic E-state index is 9.16. The zero-order chi connectivity index (χ0) is 9.14. The molecule has 2 unspecified atom stereocenters. The molecule has 12 heavy (non-hydrogen) atoms. The lowest BCUT2D eigenvalue weighted by Gasteiger charge is -2.10. The van der Waals surface area contributed by atoms with Crippen molar-refractivity contribution in [3.8, 4) is 0 Å². The van der Waals surface area contributed by atoms with E-state index in [1.54, 1.807) is 0 Å². The van der Waals surface area contributed by atoms with E-state index in [2.05, 4.69) is 9.73 Å². The van der Waals surface area contributed by atoms with Gasteiger partial charge in [-0.15, -0.1) is 0 Å². The highest BCUT2D eigenvalue weighted by molar-refractivity contribution is 6.53. The van der Waals surface area contributed by atoms with Crippen LogP contribution in [0.1, 0.15) is 0 Å². The summed E-state index contributed by atoms with van der Waals surface area (Å²) in [6, 6.07) is -0.426. The highest BCUT2D eigenvalue weighted by Gasteiger charge is 2.28. The standard InChI is InChI=1S/C6H9Cl2NO3/c1-11-6(10)3-2-12-5(9-3)4(7)8/h3-4,6,10H,2H2,1H3. The quantitative estimate of drug-likeness (QED) is 0.551. The summed E-state index contributed by atoms with van der Waals surface area (Å²) in [4.78, 5) is 3.14. The van der Waals surface area contributed by atoms with Gasteiger partial charge in [0.1, 0.15) is 12.6 Å². The van der Waals surface area contributed by atoms with E-state index in [1.807, 2.05) is 0 Å². The van der Waals surface area contributed by atoms with Gasteiger partial charge in [-0.1, -0.05) is 23.2 Å². The molecule has 1 aliphatic heterocycles. The Bertz CT molecular complexity index is 186. The highest BCUT2D eigenvalue weighted by Crippen LogP contribution is 2.16. The van der Waals surface area contributed by atoms with Crippen LogP contribution in [0.15, 0.2) is 4.99 Å². The van der Waals surface area contributed by atoms with E-state index in [9.17, 15) is 0 Å². The fraction of sp³-hybridized carbons (Fsp3) is 0.833. The second kappa shape index (κ2) is 4.28. The van der Waals surface area contributed by atoms with E-state index in [4.69, 9.17) is 33.0 Å². The van der Waals surface area contributed by atoms with E-state index < -0.39 is 17.2 Å². The third-order valence-electron chi connectivity index (χ3n) is 1.45. The lowest BCUT2D eigenvalue weighted by atomic mass is 10.3. The van der Waals surface area contributed by atoms with Crippen LogP contribution in [0.4, 0.5) is 0 Å². The van der Waals surface area contributed by atoms with Gasteiger partial charge in [-0.3, -0.25) is 0 Å². The molecule has 0 radical (unpaired) electrons. The predicted molar refractivity (Wildman–Crippen MR) is 45.7 cm³/mol. The Kier molecular flexibility index (Phi) is 3.58. The summed E-state index contributed by atoms with van der Waals surface area (Å²) in [5.74, 6) is 0.236. The number of hydrogen-bond donors (Lipinski definition) is 1. The second-order valence-corrected chi connectivity index (χ2v) is 3.37. The van der Waals surface area contributed by atoms with Gasteiger partial charge in [0.2, 0.25) is 5.90 Å². The third kappa shape index (κ3) is 2.23. The summed E-state index contributed by atoms with van der Waals surface area (Å²) in [5, 5.41) is 9.16. The van der Waals surface area contributed by atoms with Gasteiger partial charge in [-0.2, -0.15) is 0 Å². The molecule has 0 saturated heterocycles. The average Bonchev–Trinajstić information content (AvgIpc) is 2.51. The number of aliphatic imine (C=N–C) groups is 1. The van der Waals surface area contributed by atoms with E-state index in [1.165, 1.54) is 7.11 Å². The lowest BCUT2D eigenvalue weighted by Crippen LogP contribution is -2.26. The van der Waals surface area contributed by atoms with Crippen LogP contribution >= 0.6 is 23.2 Å². The number of ether oxygens (including phenoxy) is 2. The molecule has 0 aliphatic carbocycles. The molecule has 0 saturated carbocycles. The van der Waals surface area contributed by atoms with Crippen molar-refractivity contribution in [2.24, 2.45) is 4.99 Å². The molecular formula is C6H9Cl2NO3. The largest absolute Gasteiger partial charge is 0.477 e. The summed E-state index contributed by atoms with van der Waals surface area (Å²) < 4.78 is 9.64. The minimum atomic E-state index is -0.963. The van der Waals surface area contributed by atoms with Gasteiger partial charge in [0.15, 0.2) is 11.1 Å². The number of hydrogen-bond acceptors (Lipinski definition) is 4. The van der Waals surface area contributed by atoms with Crippen LogP contribution in [-0.4, -0.2) is 41.9 Å². The molecular weight excluding hydrogens is 205 g/mol. The van der Waals surface area contributed by atoms with Crippen molar-refractivity contribution < 1.29 is 14.6 Å². The zero-order valence-corrected chi connectivity index (χ0v) is 7.92. The molecule has 1 N–H and O–H groups in total. The molecule has 0 bridgehead atoms. The summed E-state index contributed by atoms with van der Waals surface area (Å²) in [6.07, 6.45) is -0.963. The molecule has 0 aromatic carbocycles. The predicted octanol–water partition coefficient (Wildman–Crippen LogP) is 0.552. The van der Waals surface area contributed by atoms with E-state index in [0.29, 0.717) is 0 Å². The van der Waals surface area contributed by atoms with Crippen molar-refractivity contribution in [3.63, 3.8) is 0 Å². The Hall–Kier alpha value is -0.0300. The Balaban J connectivity index is 2.52. The van der Waals surface area contributed by atoms with Gasteiger partial charge in [-0.25, -0.2) is 4.99 Å². The van der Waals surface area contributed by atoms with Crippen LogP contribution in [0.25, 0.3) is 0 Å². The average molecular weight is 214 g/mol. The first-order valence-electron chi connectivity index (χ1n) is 3.34. The summed E-state index contributed by atoms with van der Waals surface area (Å²) >= 11 is 11.0. The number of halogens is 2. The van der Waals surface area contributed by atoms with Gasteiger partial charge < -0.3 is 14.6 Å². The summed E-state index contributed by atoms with van der Waals surface area (Å²) in [6.45, 7) is 0.250. The van der Waals surface area contributed by atoms with Crippen molar-refractivity contribution in [1.29, 1.82) is 0 Å². The number of nitrogens with zero attached hydrogens (tertiary/aromatic N) is 1. The molecule has 1 heterocycles. The van der Waals surface area contributed by atoms with Crippen LogP contribution in [-0.2, 0) is 9.47 Å². The molecule has 6 heteroatoms. The Labute approximate surface area is 80.1 Å². The van der Waals surface area contributed by atoms with Crippen molar-refractivity contribution >= 4 is 29.1 Å². The van der Waals surface area contributed by atoms with Crippen molar-refractivity contribution in [2.45, 2.75) is 17.2 Å². The molecule has 1 aliphatic rings. The van der Waals surface area contributed by atoms with Crippen LogP contribution in [0, 0.1) is 0 Å². The number of aliphatic hydroxyl groups excluding tert-OH is 1. The maximum atomic E-state index is 9.16. The van der Waals surface area contributed by atoms with Gasteiger partial charge in [0.05, 0.1) is 0 Å². The van der Waals surface area contributed by atoms with Crippen LogP contribution < -0.4 is 0 Å². The van der Waals surface area contributed by atoms with Crippen molar-refractivity contribution in [1.82, 2.24) is 0 Å².